The third-order valence-corrected chi connectivity index (χ3v) is 3.33. The first-order valence-electron chi connectivity index (χ1n) is 5.19. The Morgan fingerprint density at radius 3 is 2.94 bits per heavy atom. The first-order chi connectivity index (χ1) is 8.25. The van der Waals surface area contributed by atoms with Crippen LogP contribution in [0.3, 0.4) is 0 Å². The number of carbonyl (C=O) groups excluding carboxylic acids is 1. The van der Waals surface area contributed by atoms with Crippen LogP contribution >= 0.6 is 22.9 Å². The molecule has 2 rings (SSSR count). The molecule has 5 heteroatoms. The van der Waals surface area contributed by atoms with Gasteiger partial charge >= 0.3 is 0 Å². The highest BCUT2D eigenvalue weighted by atomic mass is 35.5. The van der Waals surface area contributed by atoms with Gasteiger partial charge in [-0.15, -0.1) is 11.3 Å². The second kappa shape index (κ2) is 5.80. The van der Waals surface area contributed by atoms with Crippen molar-refractivity contribution in [2.45, 2.75) is 6.42 Å². The predicted molar refractivity (Wildman–Crippen MR) is 69.6 cm³/mol. The molecule has 3 nitrogen and oxygen atoms in total. The number of pyridine rings is 1. The largest absolute Gasteiger partial charge is 0.350 e. The second-order valence-corrected chi connectivity index (χ2v) is 4.85. The fourth-order valence-electron chi connectivity index (χ4n) is 1.38. The highest BCUT2D eigenvalue weighted by molar-refractivity contribution is 7.09. The molecule has 17 heavy (non-hydrogen) atoms. The van der Waals surface area contributed by atoms with E-state index in [4.69, 9.17) is 11.6 Å². The van der Waals surface area contributed by atoms with Gasteiger partial charge in [-0.3, -0.25) is 4.79 Å². The van der Waals surface area contributed by atoms with Gasteiger partial charge in [0.1, 0.15) is 10.8 Å². The lowest BCUT2D eigenvalue weighted by Crippen LogP contribution is -2.26. The van der Waals surface area contributed by atoms with Gasteiger partial charge in [-0.1, -0.05) is 23.7 Å². The quantitative estimate of drug-likeness (QED) is 0.865. The molecule has 88 valence electrons. The number of thiophene rings is 1. The van der Waals surface area contributed by atoms with Crippen LogP contribution in [-0.2, 0) is 6.42 Å². The fourth-order valence-corrected chi connectivity index (χ4v) is 2.25. The lowest BCUT2D eigenvalue weighted by molar-refractivity contribution is 0.0949. The van der Waals surface area contributed by atoms with Gasteiger partial charge in [0.2, 0.25) is 0 Å². The van der Waals surface area contributed by atoms with Crippen LogP contribution in [0.2, 0.25) is 5.15 Å². The molecule has 0 aromatic carbocycles. The minimum Gasteiger partial charge on any atom is -0.350 e. The van der Waals surface area contributed by atoms with Crippen LogP contribution in [0.1, 0.15) is 15.4 Å². The van der Waals surface area contributed by atoms with Crippen molar-refractivity contribution in [1.82, 2.24) is 10.3 Å². The molecule has 2 aromatic rings. The van der Waals surface area contributed by atoms with Crippen molar-refractivity contribution in [2.75, 3.05) is 6.54 Å². The number of rotatable bonds is 4. The number of hydrogen-bond acceptors (Lipinski definition) is 3. The Hall–Kier alpha value is -1.39. The molecule has 2 heterocycles. The SMILES string of the molecule is O=C(NCCc1cccs1)c1cccc(Cl)n1. The predicted octanol–water partition coefficient (Wildman–Crippen LogP) is 2.77. The normalized spacial score (nSPS) is 10.2. The molecule has 1 amide bonds. The molecule has 1 N–H and O–H groups in total. The van der Waals surface area contributed by atoms with Gasteiger partial charge in [-0.25, -0.2) is 4.98 Å². The van der Waals surface area contributed by atoms with E-state index in [9.17, 15) is 4.79 Å². The lowest BCUT2D eigenvalue weighted by atomic mass is 10.3. The molecule has 0 aliphatic rings. The Labute approximate surface area is 108 Å². The van der Waals surface area contributed by atoms with E-state index in [1.807, 2.05) is 11.4 Å². The molecule has 0 saturated carbocycles. The summed E-state index contributed by atoms with van der Waals surface area (Å²) in [6, 6.07) is 9.05. The van der Waals surface area contributed by atoms with Crippen molar-refractivity contribution in [3.8, 4) is 0 Å². The maximum absolute atomic E-state index is 11.7. The van der Waals surface area contributed by atoms with Crippen LogP contribution in [0, 0.1) is 0 Å². The zero-order chi connectivity index (χ0) is 12.1. The number of nitrogens with zero attached hydrogens (tertiary/aromatic N) is 1. The van der Waals surface area contributed by atoms with E-state index in [1.54, 1.807) is 29.5 Å². The maximum atomic E-state index is 11.7. The Morgan fingerprint density at radius 1 is 1.35 bits per heavy atom. The lowest BCUT2D eigenvalue weighted by Gasteiger charge is -2.03. The van der Waals surface area contributed by atoms with Crippen molar-refractivity contribution >= 4 is 28.8 Å². The van der Waals surface area contributed by atoms with Gasteiger partial charge in [-0.2, -0.15) is 0 Å². The molecule has 0 bridgehead atoms. The number of aromatic nitrogens is 1. The van der Waals surface area contributed by atoms with Crippen LogP contribution in [-0.4, -0.2) is 17.4 Å². The Morgan fingerprint density at radius 2 is 2.24 bits per heavy atom. The maximum Gasteiger partial charge on any atom is 0.269 e. The average Bonchev–Trinajstić information content (AvgIpc) is 2.82. The van der Waals surface area contributed by atoms with Crippen molar-refractivity contribution < 1.29 is 4.79 Å². The van der Waals surface area contributed by atoms with E-state index < -0.39 is 0 Å². The Bertz CT molecular complexity index is 499. The van der Waals surface area contributed by atoms with E-state index in [2.05, 4.69) is 16.4 Å². The minimum absolute atomic E-state index is 0.191. The highest BCUT2D eigenvalue weighted by Crippen LogP contribution is 2.08. The van der Waals surface area contributed by atoms with Gasteiger partial charge in [-0.05, 0) is 30.0 Å². The average molecular weight is 267 g/mol. The monoisotopic (exact) mass is 266 g/mol. The molecule has 0 saturated heterocycles. The summed E-state index contributed by atoms with van der Waals surface area (Å²) in [5.74, 6) is -0.191. The number of hydrogen-bond donors (Lipinski definition) is 1. The Balaban J connectivity index is 1.85. The first-order valence-corrected chi connectivity index (χ1v) is 6.44. The van der Waals surface area contributed by atoms with Crippen LogP contribution in [0.4, 0.5) is 0 Å². The van der Waals surface area contributed by atoms with E-state index in [-0.39, 0.29) is 5.91 Å². The molecule has 0 aliphatic heterocycles. The summed E-state index contributed by atoms with van der Waals surface area (Å²) in [6.07, 6.45) is 0.837. The number of nitrogens with one attached hydrogen (secondary N) is 1. The van der Waals surface area contributed by atoms with Gasteiger partial charge in [0, 0.05) is 11.4 Å². The van der Waals surface area contributed by atoms with Crippen molar-refractivity contribution in [3.63, 3.8) is 0 Å². The fraction of sp³-hybridized carbons (Fsp3) is 0.167. The summed E-state index contributed by atoms with van der Waals surface area (Å²) >= 11 is 7.40. The number of amides is 1. The number of halogens is 1. The minimum atomic E-state index is -0.191. The Kier molecular flexibility index (Phi) is 4.12. The zero-order valence-corrected chi connectivity index (χ0v) is 10.6. The summed E-state index contributed by atoms with van der Waals surface area (Å²) in [5.41, 5.74) is 0.351. The van der Waals surface area contributed by atoms with Gasteiger partial charge in [0.15, 0.2) is 0 Å². The van der Waals surface area contributed by atoms with Crippen LogP contribution < -0.4 is 5.32 Å². The summed E-state index contributed by atoms with van der Waals surface area (Å²) in [4.78, 5) is 16.9. The second-order valence-electron chi connectivity index (χ2n) is 3.43. The number of carbonyl (C=O) groups is 1. The van der Waals surface area contributed by atoms with Gasteiger partial charge in [0.25, 0.3) is 5.91 Å². The molecule has 2 aromatic heterocycles. The van der Waals surface area contributed by atoms with Crippen LogP contribution in [0.5, 0.6) is 0 Å². The van der Waals surface area contributed by atoms with E-state index >= 15 is 0 Å². The van der Waals surface area contributed by atoms with Crippen molar-refractivity contribution in [1.29, 1.82) is 0 Å². The summed E-state index contributed by atoms with van der Waals surface area (Å²) in [7, 11) is 0. The third-order valence-electron chi connectivity index (χ3n) is 2.18. The van der Waals surface area contributed by atoms with Crippen molar-refractivity contribution in [2.24, 2.45) is 0 Å². The molecular formula is C12H11ClN2OS. The van der Waals surface area contributed by atoms with E-state index in [1.165, 1.54) is 4.88 Å². The first kappa shape index (κ1) is 12.1. The smallest absolute Gasteiger partial charge is 0.269 e. The van der Waals surface area contributed by atoms with Crippen molar-refractivity contribution in [3.05, 3.63) is 51.4 Å². The summed E-state index contributed by atoms with van der Waals surface area (Å²) in [5, 5.41) is 5.16. The van der Waals surface area contributed by atoms with Crippen LogP contribution in [0.15, 0.2) is 35.7 Å². The molecule has 0 aliphatic carbocycles. The van der Waals surface area contributed by atoms with E-state index in [0.29, 0.717) is 17.4 Å². The third kappa shape index (κ3) is 3.54. The summed E-state index contributed by atoms with van der Waals surface area (Å²) < 4.78 is 0. The molecule has 0 atom stereocenters. The van der Waals surface area contributed by atoms with Crippen LogP contribution in [0.25, 0.3) is 0 Å². The van der Waals surface area contributed by atoms with Gasteiger partial charge < -0.3 is 5.32 Å². The van der Waals surface area contributed by atoms with Gasteiger partial charge in [0.05, 0.1) is 0 Å². The molecule has 0 unspecified atom stereocenters. The molecule has 0 spiro atoms. The standard InChI is InChI=1S/C12H11ClN2OS/c13-11-5-1-4-10(15-11)12(16)14-7-6-9-3-2-8-17-9/h1-5,8H,6-7H2,(H,14,16). The summed E-state index contributed by atoms with van der Waals surface area (Å²) in [6.45, 7) is 0.605. The zero-order valence-electron chi connectivity index (χ0n) is 9.02. The molecular weight excluding hydrogens is 256 g/mol. The molecule has 0 radical (unpaired) electrons. The van der Waals surface area contributed by atoms with E-state index in [0.717, 1.165) is 6.42 Å². The highest BCUT2D eigenvalue weighted by Gasteiger charge is 2.06. The topological polar surface area (TPSA) is 42.0 Å². The molecule has 0 fully saturated rings.